The first-order valence-corrected chi connectivity index (χ1v) is 9.54. The van der Waals surface area contributed by atoms with E-state index in [9.17, 15) is 4.79 Å². The number of hydrogen-bond donors (Lipinski definition) is 1. The fourth-order valence-electron chi connectivity index (χ4n) is 3.19. The first-order chi connectivity index (χ1) is 11.7. The molecule has 1 aliphatic heterocycles. The van der Waals surface area contributed by atoms with Crippen LogP contribution in [0.1, 0.15) is 46.9 Å². The van der Waals surface area contributed by atoms with Gasteiger partial charge in [-0.05, 0) is 49.1 Å². The van der Waals surface area contributed by atoms with E-state index in [1.54, 1.807) is 11.3 Å². The highest BCUT2D eigenvalue weighted by atomic mass is 32.1. The molecule has 1 amide bonds. The predicted molar refractivity (Wildman–Crippen MR) is 95.6 cm³/mol. The van der Waals surface area contributed by atoms with Gasteiger partial charge in [-0.1, -0.05) is 0 Å². The van der Waals surface area contributed by atoms with E-state index in [2.05, 4.69) is 15.3 Å². The van der Waals surface area contributed by atoms with Crippen LogP contribution in [0.3, 0.4) is 0 Å². The number of carbonyl (C=O) groups is 1. The summed E-state index contributed by atoms with van der Waals surface area (Å²) in [4.78, 5) is 23.5. The Kier molecular flexibility index (Phi) is 4.22. The number of thiophene rings is 1. The van der Waals surface area contributed by atoms with E-state index in [0.717, 1.165) is 48.8 Å². The van der Waals surface area contributed by atoms with Gasteiger partial charge in [0, 0.05) is 37.1 Å². The summed E-state index contributed by atoms with van der Waals surface area (Å²) < 4.78 is 0. The van der Waals surface area contributed by atoms with Crippen molar-refractivity contribution < 1.29 is 4.79 Å². The monoisotopic (exact) mass is 342 g/mol. The number of aromatic nitrogens is 2. The molecular formula is C18H22N4OS. The van der Waals surface area contributed by atoms with Crippen LogP contribution in [0.15, 0.2) is 23.0 Å². The molecule has 0 spiro atoms. The van der Waals surface area contributed by atoms with Gasteiger partial charge in [0.05, 0.1) is 5.56 Å². The van der Waals surface area contributed by atoms with E-state index in [4.69, 9.17) is 0 Å². The van der Waals surface area contributed by atoms with Crippen molar-refractivity contribution in [2.24, 2.45) is 5.92 Å². The summed E-state index contributed by atoms with van der Waals surface area (Å²) >= 11 is 1.60. The second-order valence-electron chi connectivity index (χ2n) is 6.83. The largest absolute Gasteiger partial charge is 0.370 e. The third-order valence-electron chi connectivity index (χ3n) is 4.85. The predicted octanol–water partition coefficient (Wildman–Crippen LogP) is 3.30. The number of aryl methyl sites for hydroxylation is 1. The SMILES string of the molecule is Cc1cscc1C(=O)N1CCC(CNc2ccnc(C3CC3)n2)C1. The minimum Gasteiger partial charge on any atom is -0.370 e. The number of likely N-dealkylation sites (tertiary alicyclic amines) is 1. The maximum atomic E-state index is 12.6. The van der Waals surface area contributed by atoms with Crippen molar-refractivity contribution in [2.45, 2.75) is 32.1 Å². The van der Waals surface area contributed by atoms with Crippen molar-refractivity contribution in [3.63, 3.8) is 0 Å². The van der Waals surface area contributed by atoms with E-state index < -0.39 is 0 Å². The molecule has 0 aromatic carbocycles. The van der Waals surface area contributed by atoms with Crippen LogP contribution in [0.5, 0.6) is 0 Å². The lowest BCUT2D eigenvalue weighted by Crippen LogP contribution is -2.29. The van der Waals surface area contributed by atoms with Crippen molar-refractivity contribution in [3.05, 3.63) is 40.0 Å². The molecule has 3 heterocycles. The molecule has 2 aromatic heterocycles. The maximum Gasteiger partial charge on any atom is 0.254 e. The van der Waals surface area contributed by atoms with Gasteiger partial charge in [0.15, 0.2) is 0 Å². The Morgan fingerprint density at radius 1 is 1.38 bits per heavy atom. The lowest BCUT2D eigenvalue weighted by molar-refractivity contribution is 0.0787. The molecule has 126 valence electrons. The van der Waals surface area contributed by atoms with Gasteiger partial charge >= 0.3 is 0 Å². The molecule has 2 fully saturated rings. The fraction of sp³-hybridized carbons (Fsp3) is 0.500. The van der Waals surface area contributed by atoms with Crippen molar-refractivity contribution in [2.75, 3.05) is 25.0 Å². The van der Waals surface area contributed by atoms with Gasteiger partial charge in [0.25, 0.3) is 5.91 Å². The molecule has 24 heavy (non-hydrogen) atoms. The Morgan fingerprint density at radius 3 is 3.00 bits per heavy atom. The number of rotatable bonds is 5. The molecule has 0 bridgehead atoms. The first kappa shape index (κ1) is 15.6. The Balaban J connectivity index is 1.32. The summed E-state index contributed by atoms with van der Waals surface area (Å²) in [7, 11) is 0. The average molecular weight is 342 g/mol. The summed E-state index contributed by atoms with van der Waals surface area (Å²) in [6.45, 7) is 4.53. The Morgan fingerprint density at radius 2 is 2.25 bits per heavy atom. The maximum absolute atomic E-state index is 12.6. The summed E-state index contributed by atoms with van der Waals surface area (Å²) in [5, 5.41) is 7.43. The lowest BCUT2D eigenvalue weighted by Gasteiger charge is -2.17. The molecule has 1 N–H and O–H groups in total. The highest BCUT2D eigenvalue weighted by Gasteiger charge is 2.28. The van der Waals surface area contributed by atoms with Crippen molar-refractivity contribution in [3.8, 4) is 0 Å². The Labute approximate surface area is 146 Å². The quantitative estimate of drug-likeness (QED) is 0.906. The van der Waals surface area contributed by atoms with Gasteiger partial charge in [-0.15, -0.1) is 0 Å². The molecule has 1 atom stereocenters. The van der Waals surface area contributed by atoms with Gasteiger partial charge in [-0.2, -0.15) is 11.3 Å². The number of carbonyl (C=O) groups excluding carboxylic acids is 1. The van der Waals surface area contributed by atoms with E-state index >= 15 is 0 Å². The van der Waals surface area contributed by atoms with Crippen LogP contribution in [-0.2, 0) is 0 Å². The molecule has 1 unspecified atom stereocenters. The summed E-state index contributed by atoms with van der Waals surface area (Å²) in [6.07, 6.45) is 5.31. The van der Waals surface area contributed by atoms with Crippen LogP contribution in [0, 0.1) is 12.8 Å². The number of nitrogens with one attached hydrogen (secondary N) is 1. The minimum absolute atomic E-state index is 0.175. The third kappa shape index (κ3) is 3.29. The zero-order valence-corrected chi connectivity index (χ0v) is 14.7. The van der Waals surface area contributed by atoms with Crippen molar-refractivity contribution in [1.29, 1.82) is 0 Å². The Hall–Kier alpha value is -1.95. The van der Waals surface area contributed by atoms with Crippen LogP contribution in [0.2, 0.25) is 0 Å². The van der Waals surface area contributed by atoms with Gasteiger partial charge < -0.3 is 10.2 Å². The lowest BCUT2D eigenvalue weighted by atomic mass is 10.1. The third-order valence-corrected chi connectivity index (χ3v) is 5.71. The van der Waals surface area contributed by atoms with Gasteiger partial charge in [0.1, 0.15) is 11.6 Å². The van der Waals surface area contributed by atoms with Crippen LogP contribution in [0.25, 0.3) is 0 Å². The van der Waals surface area contributed by atoms with Crippen molar-refractivity contribution >= 4 is 23.1 Å². The molecule has 4 rings (SSSR count). The second-order valence-corrected chi connectivity index (χ2v) is 7.57. The zero-order chi connectivity index (χ0) is 16.5. The fourth-order valence-corrected chi connectivity index (χ4v) is 4.01. The molecule has 0 radical (unpaired) electrons. The molecule has 2 aromatic rings. The molecule has 1 aliphatic carbocycles. The summed E-state index contributed by atoms with van der Waals surface area (Å²) in [6, 6.07) is 1.93. The molecule has 1 saturated heterocycles. The minimum atomic E-state index is 0.175. The molecule has 5 nitrogen and oxygen atoms in total. The van der Waals surface area contributed by atoms with Crippen LogP contribution >= 0.6 is 11.3 Å². The van der Waals surface area contributed by atoms with Gasteiger partial charge in [-0.25, -0.2) is 9.97 Å². The number of amides is 1. The van der Waals surface area contributed by atoms with E-state index in [1.165, 1.54) is 12.8 Å². The second kappa shape index (κ2) is 6.51. The number of anilines is 1. The van der Waals surface area contributed by atoms with E-state index in [0.29, 0.717) is 11.8 Å². The summed E-state index contributed by atoms with van der Waals surface area (Å²) in [5.74, 6) is 3.10. The van der Waals surface area contributed by atoms with E-state index in [-0.39, 0.29) is 5.91 Å². The van der Waals surface area contributed by atoms with Crippen LogP contribution < -0.4 is 5.32 Å². The van der Waals surface area contributed by atoms with Crippen LogP contribution in [0.4, 0.5) is 5.82 Å². The number of nitrogens with zero attached hydrogens (tertiary/aromatic N) is 3. The normalized spacial score (nSPS) is 20.4. The zero-order valence-electron chi connectivity index (χ0n) is 13.9. The molecular weight excluding hydrogens is 320 g/mol. The highest BCUT2D eigenvalue weighted by molar-refractivity contribution is 7.08. The van der Waals surface area contributed by atoms with E-state index in [1.807, 2.05) is 34.8 Å². The van der Waals surface area contributed by atoms with Crippen LogP contribution in [-0.4, -0.2) is 40.4 Å². The molecule has 2 aliphatic rings. The smallest absolute Gasteiger partial charge is 0.254 e. The van der Waals surface area contributed by atoms with Crippen molar-refractivity contribution in [1.82, 2.24) is 14.9 Å². The Bertz CT molecular complexity index is 740. The summed E-state index contributed by atoms with van der Waals surface area (Å²) in [5.41, 5.74) is 1.94. The standard InChI is InChI=1S/C18H22N4OS/c1-12-10-24-11-15(12)18(23)22-7-5-13(9-22)8-20-16-4-6-19-17(21-16)14-2-3-14/h4,6,10-11,13-14H,2-3,5,7-9H2,1H3,(H,19,20,21). The average Bonchev–Trinajstić information content (AvgIpc) is 3.19. The topological polar surface area (TPSA) is 58.1 Å². The van der Waals surface area contributed by atoms with Gasteiger partial charge in [-0.3, -0.25) is 4.79 Å². The molecule has 1 saturated carbocycles. The molecule has 6 heteroatoms. The number of hydrogen-bond acceptors (Lipinski definition) is 5. The van der Waals surface area contributed by atoms with Gasteiger partial charge in [0.2, 0.25) is 0 Å². The highest BCUT2D eigenvalue weighted by Crippen LogP contribution is 2.38. The first-order valence-electron chi connectivity index (χ1n) is 8.59.